The van der Waals surface area contributed by atoms with E-state index in [-0.39, 0.29) is 12.5 Å². The van der Waals surface area contributed by atoms with Crippen molar-refractivity contribution in [1.82, 2.24) is 10.6 Å². The number of methoxy groups -OCH3 is 1. The summed E-state index contributed by atoms with van der Waals surface area (Å²) in [6.45, 7) is 4.63. The molecule has 5 nitrogen and oxygen atoms in total. The Bertz CT molecular complexity index is 263. The Labute approximate surface area is 116 Å². The standard InChI is InChI=1S/C14H28N2O3/c1-14(18,7-9-19-2)11-16-13(17)6-5-12-4-3-8-15-10-12/h12,15,18H,3-11H2,1-2H3,(H,16,17). The average molecular weight is 272 g/mol. The summed E-state index contributed by atoms with van der Waals surface area (Å²) in [6.07, 6.45) is 4.42. The number of hydrogen-bond acceptors (Lipinski definition) is 4. The van der Waals surface area contributed by atoms with Crippen molar-refractivity contribution in [3.05, 3.63) is 0 Å². The Morgan fingerprint density at radius 3 is 3.00 bits per heavy atom. The van der Waals surface area contributed by atoms with Gasteiger partial charge in [0.15, 0.2) is 0 Å². The van der Waals surface area contributed by atoms with Crippen LogP contribution in [0.5, 0.6) is 0 Å². The highest BCUT2D eigenvalue weighted by Crippen LogP contribution is 2.15. The van der Waals surface area contributed by atoms with Crippen molar-refractivity contribution in [2.24, 2.45) is 5.92 Å². The van der Waals surface area contributed by atoms with Gasteiger partial charge < -0.3 is 20.5 Å². The van der Waals surface area contributed by atoms with Gasteiger partial charge in [0.05, 0.1) is 5.60 Å². The van der Waals surface area contributed by atoms with Crippen LogP contribution in [0.2, 0.25) is 0 Å². The molecule has 0 aromatic heterocycles. The highest BCUT2D eigenvalue weighted by atomic mass is 16.5. The van der Waals surface area contributed by atoms with Crippen LogP contribution in [-0.4, -0.2) is 50.0 Å². The molecule has 1 saturated heterocycles. The second-order valence-electron chi connectivity index (χ2n) is 5.77. The van der Waals surface area contributed by atoms with Crippen molar-refractivity contribution < 1.29 is 14.6 Å². The van der Waals surface area contributed by atoms with Gasteiger partial charge in [-0.1, -0.05) is 0 Å². The number of piperidine rings is 1. The Morgan fingerprint density at radius 1 is 1.58 bits per heavy atom. The second kappa shape index (κ2) is 8.51. The fourth-order valence-corrected chi connectivity index (χ4v) is 2.29. The Hall–Kier alpha value is -0.650. The molecule has 0 bridgehead atoms. The van der Waals surface area contributed by atoms with Gasteiger partial charge in [0.2, 0.25) is 5.91 Å². The Balaban J connectivity index is 2.12. The minimum atomic E-state index is -0.891. The molecule has 112 valence electrons. The lowest BCUT2D eigenvalue weighted by Crippen LogP contribution is -2.41. The molecular weight excluding hydrogens is 244 g/mol. The molecule has 0 aliphatic carbocycles. The molecule has 19 heavy (non-hydrogen) atoms. The van der Waals surface area contributed by atoms with Crippen molar-refractivity contribution in [2.75, 3.05) is 33.4 Å². The fraction of sp³-hybridized carbons (Fsp3) is 0.929. The molecule has 0 aromatic carbocycles. The lowest BCUT2D eigenvalue weighted by molar-refractivity contribution is -0.122. The van der Waals surface area contributed by atoms with Crippen molar-refractivity contribution in [1.29, 1.82) is 0 Å². The molecule has 2 atom stereocenters. The van der Waals surface area contributed by atoms with Gasteiger partial charge in [0, 0.05) is 33.1 Å². The number of rotatable bonds is 8. The van der Waals surface area contributed by atoms with Crippen molar-refractivity contribution in [3.63, 3.8) is 0 Å². The summed E-state index contributed by atoms with van der Waals surface area (Å²) in [4.78, 5) is 11.7. The molecular formula is C14H28N2O3. The third-order valence-electron chi connectivity index (χ3n) is 3.69. The summed E-state index contributed by atoms with van der Waals surface area (Å²) in [5, 5.41) is 16.2. The molecule has 3 N–H and O–H groups in total. The van der Waals surface area contributed by atoms with Crippen LogP contribution in [0, 0.1) is 5.92 Å². The first-order valence-electron chi connectivity index (χ1n) is 7.22. The molecule has 5 heteroatoms. The van der Waals surface area contributed by atoms with Crippen molar-refractivity contribution in [3.8, 4) is 0 Å². The molecule has 2 unspecified atom stereocenters. The van der Waals surface area contributed by atoms with E-state index in [0.29, 0.717) is 25.4 Å². The number of ether oxygens (including phenoxy) is 1. The molecule has 1 rings (SSSR count). The fourth-order valence-electron chi connectivity index (χ4n) is 2.29. The summed E-state index contributed by atoms with van der Waals surface area (Å²) < 4.78 is 4.93. The van der Waals surface area contributed by atoms with E-state index in [1.807, 2.05) is 0 Å². The number of hydrogen-bond donors (Lipinski definition) is 3. The maximum Gasteiger partial charge on any atom is 0.220 e. The zero-order valence-corrected chi connectivity index (χ0v) is 12.2. The minimum Gasteiger partial charge on any atom is -0.388 e. The predicted octanol–water partition coefficient (Wildman–Crippen LogP) is 0.670. The van der Waals surface area contributed by atoms with E-state index in [1.165, 1.54) is 12.8 Å². The van der Waals surface area contributed by atoms with Crippen LogP contribution < -0.4 is 10.6 Å². The molecule has 1 aliphatic heterocycles. The van der Waals surface area contributed by atoms with E-state index in [1.54, 1.807) is 14.0 Å². The molecule has 1 fully saturated rings. The summed E-state index contributed by atoms with van der Waals surface area (Å²) >= 11 is 0. The molecule has 0 spiro atoms. The maximum atomic E-state index is 11.7. The summed E-state index contributed by atoms with van der Waals surface area (Å²) in [7, 11) is 1.60. The molecule has 0 aromatic rings. The molecule has 0 radical (unpaired) electrons. The first-order valence-corrected chi connectivity index (χ1v) is 7.22. The minimum absolute atomic E-state index is 0.0308. The van der Waals surface area contributed by atoms with Crippen LogP contribution >= 0.6 is 0 Å². The molecule has 1 heterocycles. The number of amides is 1. The van der Waals surface area contributed by atoms with Crippen LogP contribution in [0.25, 0.3) is 0 Å². The average Bonchev–Trinajstić information content (AvgIpc) is 2.42. The monoisotopic (exact) mass is 272 g/mol. The van der Waals surface area contributed by atoms with Crippen LogP contribution in [0.4, 0.5) is 0 Å². The Kier molecular flexibility index (Phi) is 7.34. The van der Waals surface area contributed by atoms with Gasteiger partial charge in [0.25, 0.3) is 0 Å². The van der Waals surface area contributed by atoms with Crippen LogP contribution in [0.3, 0.4) is 0 Å². The molecule has 1 aliphatic rings. The van der Waals surface area contributed by atoms with E-state index >= 15 is 0 Å². The van der Waals surface area contributed by atoms with Gasteiger partial charge in [-0.25, -0.2) is 0 Å². The normalized spacial score (nSPS) is 22.8. The van der Waals surface area contributed by atoms with Crippen LogP contribution in [0.15, 0.2) is 0 Å². The van der Waals surface area contributed by atoms with Gasteiger partial charge in [-0.05, 0) is 45.2 Å². The van der Waals surface area contributed by atoms with Gasteiger partial charge in [0.1, 0.15) is 0 Å². The van der Waals surface area contributed by atoms with E-state index in [2.05, 4.69) is 10.6 Å². The first kappa shape index (κ1) is 16.4. The van der Waals surface area contributed by atoms with Crippen LogP contribution in [-0.2, 0) is 9.53 Å². The number of carbonyl (C=O) groups excluding carboxylic acids is 1. The van der Waals surface area contributed by atoms with E-state index in [9.17, 15) is 9.90 Å². The van der Waals surface area contributed by atoms with Gasteiger partial charge >= 0.3 is 0 Å². The van der Waals surface area contributed by atoms with Crippen molar-refractivity contribution >= 4 is 5.91 Å². The van der Waals surface area contributed by atoms with Crippen molar-refractivity contribution in [2.45, 2.75) is 44.6 Å². The topological polar surface area (TPSA) is 70.6 Å². The number of aliphatic hydroxyl groups is 1. The van der Waals surface area contributed by atoms with Gasteiger partial charge in [-0.15, -0.1) is 0 Å². The SMILES string of the molecule is COCCC(C)(O)CNC(=O)CCC1CCCNC1. The third kappa shape index (κ3) is 7.50. The highest BCUT2D eigenvalue weighted by Gasteiger charge is 2.21. The lowest BCUT2D eigenvalue weighted by Gasteiger charge is -2.24. The maximum absolute atomic E-state index is 11.7. The van der Waals surface area contributed by atoms with Gasteiger partial charge in [-0.3, -0.25) is 4.79 Å². The highest BCUT2D eigenvalue weighted by molar-refractivity contribution is 5.75. The van der Waals surface area contributed by atoms with E-state index in [0.717, 1.165) is 19.5 Å². The summed E-state index contributed by atoms with van der Waals surface area (Å²) in [5.74, 6) is 0.650. The molecule has 1 amide bonds. The third-order valence-corrected chi connectivity index (χ3v) is 3.69. The lowest BCUT2D eigenvalue weighted by atomic mass is 9.94. The van der Waals surface area contributed by atoms with E-state index in [4.69, 9.17) is 4.74 Å². The smallest absolute Gasteiger partial charge is 0.220 e. The van der Waals surface area contributed by atoms with Crippen LogP contribution in [0.1, 0.15) is 39.0 Å². The summed E-state index contributed by atoms with van der Waals surface area (Å²) in [6, 6.07) is 0. The zero-order chi connectivity index (χ0) is 14.1. The van der Waals surface area contributed by atoms with E-state index < -0.39 is 5.60 Å². The largest absolute Gasteiger partial charge is 0.388 e. The second-order valence-corrected chi connectivity index (χ2v) is 5.77. The molecule has 0 saturated carbocycles. The summed E-state index contributed by atoms with van der Waals surface area (Å²) in [5.41, 5.74) is -0.891. The van der Waals surface area contributed by atoms with Gasteiger partial charge in [-0.2, -0.15) is 0 Å². The Morgan fingerprint density at radius 2 is 2.37 bits per heavy atom. The quantitative estimate of drug-likeness (QED) is 0.607. The zero-order valence-electron chi connectivity index (χ0n) is 12.2. The predicted molar refractivity (Wildman–Crippen MR) is 75.0 cm³/mol. The number of carbonyl (C=O) groups is 1. The first-order chi connectivity index (χ1) is 9.03. The number of nitrogens with one attached hydrogen (secondary N) is 2.